The smallest absolute Gasteiger partial charge is 1.00 e. The van der Waals surface area contributed by atoms with Crippen molar-refractivity contribution in [3.63, 3.8) is 0 Å². The molecule has 0 aliphatic carbocycles. The normalized spacial score (nSPS) is 26.1. The van der Waals surface area contributed by atoms with Gasteiger partial charge in [0.15, 0.2) is 0 Å². The number of alkyl halides is 1. The first-order valence-electron chi connectivity index (χ1n) is 3.22. The van der Waals surface area contributed by atoms with Crippen molar-refractivity contribution < 1.29 is 7.65 Å². The van der Waals surface area contributed by atoms with Crippen LogP contribution in [0.4, 0.5) is 0 Å². The largest absolute Gasteiger partial charge is 2.00 e. The zero-order valence-electron chi connectivity index (χ0n) is 7.90. The molecule has 0 aromatic carbocycles. The Morgan fingerprint density at radius 2 is 2.30 bits per heavy atom. The third kappa shape index (κ3) is 3.78. The minimum atomic E-state index is 0. The summed E-state index contributed by atoms with van der Waals surface area (Å²) in [6, 6.07) is 0. The van der Waals surface area contributed by atoms with Gasteiger partial charge in [0, 0.05) is 6.42 Å². The van der Waals surface area contributed by atoms with Crippen molar-refractivity contribution in [2.45, 2.75) is 30.6 Å². The Balaban J connectivity index is -0.000000270. The number of carbonyl (C=O) groups is 1. The second-order valence-corrected chi connectivity index (χ2v) is 3.39. The van der Waals surface area contributed by atoms with E-state index in [2.05, 4.69) is 21.2 Å². The molecule has 1 aliphatic heterocycles. The van der Waals surface area contributed by atoms with E-state index < -0.39 is 0 Å². The second-order valence-electron chi connectivity index (χ2n) is 2.28. The summed E-state index contributed by atoms with van der Waals surface area (Å²) in [5.74, 6) is 0.175. The van der Waals surface area contributed by atoms with E-state index in [1.165, 1.54) is 0 Å². The maximum atomic E-state index is 10.8. The van der Waals surface area contributed by atoms with E-state index in [1.54, 1.807) is 0 Å². The van der Waals surface area contributed by atoms with E-state index in [-0.39, 0.29) is 36.8 Å². The van der Waals surface area contributed by atoms with Gasteiger partial charge in [0.1, 0.15) is 0 Å². The van der Waals surface area contributed by atoms with Gasteiger partial charge in [-0.15, -0.1) is 0 Å². The first-order valence-corrected chi connectivity index (χ1v) is 4.14. The van der Waals surface area contributed by atoms with E-state index in [0.29, 0.717) is 6.42 Å². The van der Waals surface area contributed by atoms with Crippen LogP contribution >= 0.6 is 15.9 Å². The molecule has 56 valence electrons. The van der Waals surface area contributed by atoms with Crippen molar-refractivity contribution in [2.75, 3.05) is 0 Å². The Bertz CT molecular complexity index is 128. The zero-order valence-corrected chi connectivity index (χ0v) is 8.90. The van der Waals surface area contributed by atoms with Crippen LogP contribution in [0.5, 0.6) is 0 Å². The molecule has 1 fully saturated rings. The summed E-state index contributed by atoms with van der Waals surface area (Å²) in [4.78, 5) is 11.0. The number of carbonyl (C=O) groups excluding carboxylic acids is 1. The summed E-state index contributed by atoms with van der Waals surface area (Å²) in [7, 11) is 0. The molecule has 1 N–H and O–H groups in total. The summed E-state index contributed by atoms with van der Waals surface area (Å²) in [6.07, 6.45) is 3.94. The molecule has 10 heavy (non-hydrogen) atoms. The SMILES string of the molecule is O=C1CCCCC(Br)N1.[H-].[H-].[Mg+2]. The Hall–Kier alpha value is 0.716. The fourth-order valence-corrected chi connectivity index (χ4v) is 1.51. The van der Waals surface area contributed by atoms with Gasteiger partial charge in [-0.2, -0.15) is 0 Å². The Labute approximate surface area is 88.4 Å². The second kappa shape index (κ2) is 5.38. The van der Waals surface area contributed by atoms with Crippen LogP contribution in [0.1, 0.15) is 28.5 Å². The number of hydrogen-bond donors (Lipinski definition) is 1. The summed E-state index contributed by atoms with van der Waals surface area (Å²) >= 11 is 3.35. The molecular formula is C6H12BrMgNO. The van der Waals surface area contributed by atoms with Crippen molar-refractivity contribution in [3.8, 4) is 0 Å². The molecule has 1 heterocycles. The van der Waals surface area contributed by atoms with E-state index >= 15 is 0 Å². The molecule has 0 aromatic rings. The van der Waals surface area contributed by atoms with Crippen LogP contribution < -0.4 is 5.32 Å². The summed E-state index contributed by atoms with van der Waals surface area (Å²) < 4.78 is 0. The molecule has 0 spiro atoms. The predicted molar refractivity (Wildman–Crippen MR) is 47.3 cm³/mol. The van der Waals surface area contributed by atoms with Gasteiger partial charge >= 0.3 is 23.1 Å². The van der Waals surface area contributed by atoms with Crippen molar-refractivity contribution in [3.05, 3.63) is 0 Å². The van der Waals surface area contributed by atoms with Gasteiger partial charge in [-0.1, -0.05) is 22.4 Å². The number of nitrogens with one attached hydrogen (secondary N) is 1. The van der Waals surface area contributed by atoms with E-state index in [0.717, 1.165) is 19.3 Å². The summed E-state index contributed by atoms with van der Waals surface area (Å²) in [6.45, 7) is 0. The fraction of sp³-hybridized carbons (Fsp3) is 0.833. The van der Waals surface area contributed by atoms with Crippen LogP contribution in [0.3, 0.4) is 0 Å². The fourth-order valence-electron chi connectivity index (χ4n) is 0.928. The van der Waals surface area contributed by atoms with Crippen LogP contribution in [0.25, 0.3) is 0 Å². The van der Waals surface area contributed by atoms with Gasteiger partial charge in [0.05, 0.1) is 4.95 Å². The van der Waals surface area contributed by atoms with Gasteiger partial charge in [0.25, 0.3) is 0 Å². The molecule has 1 aliphatic rings. The van der Waals surface area contributed by atoms with Gasteiger partial charge in [-0.05, 0) is 12.8 Å². The Kier molecular flexibility index (Phi) is 5.76. The first kappa shape index (κ1) is 10.7. The minimum Gasteiger partial charge on any atom is -1.00 e. The monoisotopic (exact) mass is 217 g/mol. The maximum Gasteiger partial charge on any atom is 2.00 e. The van der Waals surface area contributed by atoms with E-state index in [1.807, 2.05) is 0 Å². The molecule has 1 atom stereocenters. The molecule has 0 bridgehead atoms. The number of rotatable bonds is 0. The minimum absolute atomic E-state index is 0. The van der Waals surface area contributed by atoms with Crippen molar-refractivity contribution in [1.82, 2.24) is 5.32 Å². The molecule has 4 heteroatoms. The molecule has 1 unspecified atom stereocenters. The average Bonchev–Trinajstić information content (AvgIpc) is 1.93. The van der Waals surface area contributed by atoms with Crippen molar-refractivity contribution in [2.24, 2.45) is 0 Å². The van der Waals surface area contributed by atoms with Gasteiger partial charge in [-0.25, -0.2) is 0 Å². The molecule has 0 aromatic heterocycles. The van der Waals surface area contributed by atoms with Crippen LogP contribution in [0.2, 0.25) is 0 Å². The Morgan fingerprint density at radius 3 is 3.00 bits per heavy atom. The maximum absolute atomic E-state index is 10.8. The molecular weight excluding hydrogens is 206 g/mol. The molecule has 1 saturated heterocycles. The number of hydrogen-bond acceptors (Lipinski definition) is 1. The molecule has 0 radical (unpaired) electrons. The molecule has 0 saturated carbocycles. The predicted octanol–water partition coefficient (Wildman–Crippen LogP) is 1.24. The number of amides is 1. The first-order chi connectivity index (χ1) is 4.29. The van der Waals surface area contributed by atoms with Crippen molar-refractivity contribution >= 4 is 44.9 Å². The van der Waals surface area contributed by atoms with Gasteiger partial charge in [-0.3, -0.25) is 4.79 Å². The van der Waals surface area contributed by atoms with Crippen LogP contribution in [-0.2, 0) is 4.79 Å². The Morgan fingerprint density at radius 1 is 1.60 bits per heavy atom. The third-order valence-electron chi connectivity index (χ3n) is 1.43. The number of halogens is 1. The molecule has 2 nitrogen and oxygen atoms in total. The van der Waals surface area contributed by atoms with Gasteiger partial charge < -0.3 is 8.17 Å². The molecule has 1 amide bonds. The van der Waals surface area contributed by atoms with Crippen LogP contribution in [0, 0.1) is 0 Å². The summed E-state index contributed by atoms with van der Waals surface area (Å²) in [5.41, 5.74) is 0. The van der Waals surface area contributed by atoms with Crippen molar-refractivity contribution in [1.29, 1.82) is 0 Å². The van der Waals surface area contributed by atoms with E-state index in [4.69, 9.17) is 0 Å². The molecule has 1 rings (SSSR count). The average molecular weight is 218 g/mol. The third-order valence-corrected chi connectivity index (χ3v) is 2.12. The standard InChI is InChI=1S/C6H10BrNO.Mg.2H/c7-5-3-1-2-4-6(9)8-5;;;/h5H,1-4H2,(H,8,9);;;/q;+2;2*-1. The van der Waals surface area contributed by atoms with Crippen LogP contribution in [0.15, 0.2) is 0 Å². The van der Waals surface area contributed by atoms with Gasteiger partial charge in [0.2, 0.25) is 5.91 Å². The summed E-state index contributed by atoms with van der Waals surface area (Å²) in [5, 5.41) is 2.82. The van der Waals surface area contributed by atoms with E-state index in [9.17, 15) is 4.79 Å². The topological polar surface area (TPSA) is 29.1 Å². The quantitative estimate of drug-likeness (QED) is 0.370. The van der Waals surface area contributed by atoms with Crippen LogP contribution in [-0.4, -0.2) is 33.9 Å². The zero-order chi connectivity index (χ0) is 6.69.